The largest absolute Gasteiger partial charge is 0.444 e. The Kier molecular flexibility index (Phi) is 6.22. The van der Waals surface area contributed by atoms with Crippen LogP contribution in [0.15, 0.2) is 36.5 Å². The highest BCUT2D eigenvalue weighted by Crippen LogP contribution is 2.31. The molecule has 0 bridgehead atoms. The summed E-state index contributed by atoms with van der Waals surface area (Å²) in [6.07, 6.45) is 5.57. The van der Waals surface area contributed by atoms with E-state index in [4.69, 9.17) is 4.74 Å². The highest BCUT2D eigenvalue weighted by Gasteiger charge is 2.27. The van der Waals surface area contributed by atoms with Crippen molar-refractivity contribution in [2.45, 2.75) is 64.0 Å². The van der Waals surface area contributed by atoms with Crippen molar-refractivity contribution >= 4 is 23.3 Å². The third kappa shape index (κ3) is 5.70. The van der Waals surface area contributed by atoms with Crippen LogP contribution in [-0.4, -0.2) is 40.7 Å². The number of rotatable bonds is 5. The van der Waals surface area contributed by atoms with E-state index in [-0.39, 0.29) is 6.09 Å². The van der Waals surface area contributed by atoms with E-state index in [1.165, 1.54) is 18.4 Å². The average Bonchev–Trinajstić information content (AvgIpc) is 3.57. The van der Waals surface area contributed by atoms with Gasteiger partial charge in [-0.1, -0.05) is 12.1 Å². The lowest BCUT2D eigenvalue weighted by atomic mass is 9.89. The van der Waals surface area contributed by atoms with Gasteiger partial charge in [-0.3, -0.25) is 0 Å². The maximum absolute atomic E-state index is 12.3. The summed E-state index contributed by atoms with van der Waals surface area (Å²) < 4.78 is 5.49. The summed E-state index contributed by atoms with van der Waals surface area (Å²) in [7, 11) is 0. The van der Waals surface area contributed by atoms with E-state index in [9.17, 15) is 10.1 Å². The number of likely N-dealkylation sites (tertiary alicyclic amines) is 1. The zero-order valence-corrected chi connectivity index (χ0v) is 19.0. The van der Waals surface area contributed by atoms with E-state index in [0.717, 1.165) is 30.0 Å². The Balaban J connectivity index is 1.36. The molecular formula is C25H31N5O2. The topological polar surface area (TPSA) is 90.3 Å². The number of hydrogen-bond acceptors (Lipinski definition) is 6. The normalized spacial score (nSPS) is 16.9. The third-order valence-corrected chi connectivity index (χ3v) is 5.76. The van der Waals surface area contributed by atoms with Gasteiger partial charge < -0.3 is 20.3 Å². The van der Waals surface area contributed by atoms with Crippen LogP contribution in [0.25, 0.3) is 0 Å². The minimum Gasteiger partial charge on any atom is -0.444 e. The minimum atomic E-state index is -0.467. The lowest BCUT2D eigenvalue weighted by Crippen LogP contribution is -2.41. The molecule has 32 heavy (non-hydrogen) atoms. The van der Waals surface area contributed by atoms with E-state index in [1.807, 2.05) is 39.0 Å². The van der Waals surface area contributed by atoms with Gasteiger partial charge in [0.1, 0.15) is 17.5 Å². The molecule has 7 heteroatoms. The molecule has 0 spiro atoms. The number of benzene rings is 1. The van der Waals surface area contributed by atoms with E-state index in [0.29, 0.717) is 30.6 Å². The van der Waals surface area contributed by atoms with Crippen molar-refractivity contribution in [3.63, 3.8) is 0 Å². The quantitative estimate of drug-likeness (QED) is 0.657. The molecule has 1 aliphatic heterocycles. The number of pyridine rings is 1. The number of ether oxygens (including phenoxy) is 1. The molecule has 7 nitrogen and oxygen atoms in total. The number of nitrogens with one attached hydrogen (secondary N) is 2. The first-order valence-corrected chi connectivity index (χ1v) is 11.3. The predicted octanol–water partition coefficient (Wildman–Crippen LogP) is 5.39. The second kappa shape index (κ2) is 9.07. The SMILES string of the molecule is CC(C)(C)OC(=O)N1CCC(c2ccc(Nc3cc(NC4CC4)ncc3C#N)cc2)CC1. The van der Waals surface area contributed by atoms with Crippen LogP contribution in [-0.2, 0) is 4.74 Å². The molecule has 2 heterocycles. The van der Waals surface area contributed by atoms with Crippen molar-refractivity contribution in [3.05, 3.63) is 47.7 Å². The van der Waals surface area contributed by atoms with Gasteiger partial charge in [-0.25, -0.2) is 9.78 Å². The van der Waals surface area contributed by atoms with Gasteiger partial charge in [-0.15, -0.1) is 0 Å². The summed E-state index contributed by atoms with van der Waals surface area (Å²) in [6, 6.07) is 13.0. The van der Waals surface area contributed by atoms with Crippen molar-refractivity contribution < 1.29 is 9.53 Å². The van der Waals surface area contributed by atoms with E-state index < -0.39 is 5.60 Å². The molecule has 2 aliphatic rings. The zero-order chi connectivity index (χ0) is 22.7. The Morgan fingerprint density at radius 2 is 1.84 bits per heavy atom. The Morgan fingerprint density at radius 1 is 1.16 bits per heavy atom. The van der Waals surface area contributed by atoms with Gasteiger partial charge in [-0.05, 0) is 70.1 Å². The van der Waals surface area contributed by atoms with E-state index in [1.54, 1.807) is 11.1 Å². The molecule has 0 atom stereocenters. The lowest BCUT2D eigenvalue weighted by molar-refractivity contribution is 0.0205. The van der Waals surface area contributed by atoms with Crippen LogP contribution in [0.3, 0.4) is 0 Å². The van der Waals surface area contributed by atoms with Crippen molar-refractivity contribution in [1.29, 1.82) is 5.26 Å². The van der Waals surface area contributed by atoms with Crippen LogP contribution in [0.5, 0.6) is 0 Å². The standard InChI is InChI=1S/C25H31N5O2/c1-25(2,3)32-24(31)30-12-10-18(11-13-30)17-4-6-20(7-5-17)28-22-14-23(29-21-8-9-21)27-16-19(22)15-26/h4-7,14,16,18,21H,8-13H2,1-3H3,(H2,27,28,29). The van der Waals surface area contributed by atoms with Crippen LogP contribution in [0.4, 0.5) is 22.0 Å². The van der Waals surface area contributed by atoms with Crippen LogP contribution in [0.1, 0.15) is 63.5 Å². The van der Waals surface area contributed by atoms with Crippen molar-refractivity contribution in [2.75, 3.05) is 23.7 Å². The molecule has 0 unspecified atom stereocenters. The minimum absolute atomic E-state index is 0.225. The zero-order valence-electron chi connectivity index (χ0n) is 19.0. The molecule has 0 radical (unpaired) electrons. The first kappa shape index (κ1) is 21.9. The van der Waals surface area contributed by atoms with Gasteiger partial charge in [0.05, 0.1) is 11.3 Å². The lowest BCUT2D eigenvalue weighted by Gasteiger charge is -2.33. The summed E-state index contributed by atoms with van der Waals surface area (Å²) in [5.74, 6) is 1.22. The first-order valence-electron chi connectivity index (χ1n) is 11.3. The molecule has 1 amide bonds. The monoisotopic (exact) mass is 433 g/mol. The van der Waals surface area contributed by atoms with Gasteiger partial charge in [0.2, 0.25) is 0 Å². The van der Waals surface area contributed by atoms with Gasteiger partial charge in [-0.2, -0.15) is 5.26 Å². The van der Waals surface area contributed by atoms with Crippen LogP contribution >= 0.6 is 0 Å². The van der Waals surface area contributed by atoms with E-state index >= 15 is 0 Å². The molecule has 168 valence electrons. The van der Waals surface area contributed by atoms with Gasteiger partial charge in [0.25, 0.3) is 0 Å². The molecule has 1 saturated heterocycles. The molecular weight excluding hydrogens is 402 g/mol. The molecule has 2 N–H and O–H groups in total. The smallest absolute Gasteiger partial charge is 0.410 e. The van der Waals surface area contributed by atoms with Gasteiger partial charge in [0.15, 0.2) is 0 Å². The fourth-order valence-corrected chi connectivity index (χ4v) is 3.88. The molecule has 1 aliphatic carbocycles. The predicted molar refractivity (Wildman–Crippen MR) is 125 cm³/mol. The number of aromatic nitrogens is 1. The fraction of sp³-hybridized carbons (Fsp3) is 0.480. The third-order valence-electron chi connectivity index (χ3n) is 5.76. The number of anilines is 3. The second-order valence-corrected chi connectivity index (χ2v) is 9.63. The number of amides is 1. The second-order valence-electron chi connectivity index (χ2n) is 9.63. The summed E-state index contributed by atoms with van der Waals surface area (Å²) in [5.41, 5.74) is 3.01. The summed E-state index contributed by atoms with van der Waals surface area (Å²) in [6.45, 7) is 7.09. The summed E-state index contributed by atoms with van der Waals surface area (Å²) >= 11 is 0. The Hall–Kier alpha value is -3.27. The Bertz CT molecular complexity index is 994. The van der Waals surface area contributed by atoms with Crippen molar-refractivity contribution in [2.24, 2.45) is 0 Å². The Labute approximate surface area is 189 Å². The molecule has 4 rings (SSSR count). The molecule has 1 aromatic heterocycles. The highest BCUT2D eigenvalue weighted by molar-refractivity contribution is 5.69. The molecule has 2 aromatic rings. The number of carbonyl (C=O) groups is 1. The van der Waals surface area contributed by atoms with Gasteiger partial charge >= 0.3 is 6.09 Å². The van der Waals surface area contributed by atoms with Crippen LogP contribution < -0.4 is 10.6 Å². The number of piperidine rings is 1. The van der Waals surface area contributed by atoms with Gasteiger partial charge in [0, 0.05) is 37.1 Å². The number of nitrogens with zero attached hydrogens (tertiary/aromatic N) is 3. The Morgan fingerprint density at radius 3 is 2.44 bits per heavy atom. The highest BCUT2D eigenvalue weighted by atomic mass is 16.6. The van der Waals surface area contributed by atoms with E-state index in [2.05, 4.69) is 33.8 Å². The van der Waals surface area contributed by atoms with Crippen LogP contribution in [0.2, 0.25) is 0 Å². The summed E-state index contributed by atoms with van der Waals surface area (Å²) in [5, 5.41) is 16.2. The average molecular weight is 434 g/mol. The van der Waals surface area contributed by atoms with Crippen molar-refractivity contribution in [3.8, 4) is 6.07 Å². The molecule has 1 aromatic carbocycles. The number of hydrogen-bond donors (Lipinski definition) is 2. The van der Waals surface area contributed by atoms with Crippen LogP contribution in [0, 0.1) is 11.3 Å². The van der Waals surface area contributed by atoms with Crippen molar-refractivity contribution in [1.82, 2.24) is 9.88 Å². The summed E-state index contributed by atoms with van der Waals surface area (Å²) in [4.78, 5) is 18.4. The fourth-order valence-electron chi connectivity index (χ4n) is 3.88. The number of nitriles is 1. The molecule has 1 saturated carbocycles. The maximum atomic E-state index is 12.3. The number of carbonyl (C=O) groups excluding carboxylic acids is 1. The molecule has 2 fully saturated rings. The maximum Gasteiger partial charge on any atom is 0.410 e. The first-order chi connectivity index (χ1) is 15.3.